The first-order valence-corrected chi connectivity index (χ1v) is 5.71. The molecule has 0 aliphatic heterocycles. The lowest BCUT2D eigenvalue weighted by Crippen LogP contribution is -2.26. The van der Waals surface area contributed by atoms with Gasteiger partial charge in [-0.15, -0.1) is 0 Å². The van der Waals surface area contributed by atoms with Gasteiger partial charge in [0.25, 0.3) is 0 Å². The summed E-state index contributed by atoms with van der Waals surface area (Å²) in [6.45, 7) is 3.20. The first-order valence-electron chi connectivity index (χ1n) is 5.71. The van der Waals surface area contributed by atoms with Gasteiger partial charge in [0.05, 0.1) is 6.54 Å². The van der Waals surface area contributed by atoms with E-state index in [1.165, 1.54) is 5.56 Å². The van der Waals surface area contributed by atoms with E-state index in [1.807, 2.05) is 26.2 Å². The number of nitrogens with one attached hydrogen (secondary N) is 2. The van der Waals surface area contributed by atoms with Crippen LogP contribution >= 0.6 is 0 Å². The summed E-state index contributed by atoms with van der Waals surface area (Å²) in [5, 5.41) is 5.75. The van der Waals surface area contributed by atoms with Gasteiger partial charge in [-0.1, -0.05) is 17.7 Å². The first-order chi connectivity index (χ1) is 8.02. The van der Waals surface area contributed by atoms with Gasteiger partial charge >= 0.3 is 0 Å². The van der Waals surface area contributed by atoms with Crippen LogP contribution < -0.4 is 10.6 Å². The van der Waals surface area contributed by atoms with Crippen molar-refractivity contribution in [1.29, 1.82) is 0 Å². The lowest BCUT2D eigenvalue weighted by Gasteiger charge is -2.15. The molecule has 94 valence electrons. The summed E-state index contributed by atoms with van der Waals surface area (Å²) in [4.78, 5) is 13.6. The van der Waals surface area contributed by atoms with E-state index < -0.39 is 0 Å². The second-order valence-corrected chi connectivity index (χ2v) is 4.48. The summed E-state index contributed by atoms with van der Waals surface area (Å²) in [5.74, 6) is -0.0173. The summed E-state index contributed by atoms with van der Waals surface area (Å²) in [5.41, 5.74) is 3.23. The number of rotatable bonds is 5. The van der Waals surface area contributed by atoms with Crippen LogP contribution in [-0.2, 0) is 11.3 Å². The van der Waals surface area contributed by atoms with Gasteiger partial charge < -0.3 is 15.5 Å². The minimum absolute atomic E-state index is 0.0173. The number of amides is 1. The number of likely N-dealkylation sites (N-methyl/N-ethyl adjacent to an activating group) is 1. The Balaban J connectivity index is 2.86. The Kier molecular flexibility index (Phi) is 5.12. The molecule has 4 heteroatoms. The first kappa shape index (κ1) is 13.7. The van der Waals surface area contributed by atoms with Gasteiger partial charge in [-0.3, -0.25) is 4.79 Å². The lowest BCUT2D eigenvalue weighted by atomic mass is 10.1. The van der Waals surface area contributed by atoms with Crippen LogP contribution in [0.25, 0.3) is 0 Å². The fourth-order valence-corrected chi connectivity index (χ4v) is 1.67. The fraction of sp³-hybridized carbons (Fsp3) is 0.462. The molecule has 0 fully saturated rings. The molecular formula is C13H21N3O. The van der Waals surface area contributed by atoms with Gasteiger partial charge in [0.15, 0.2) is 0 Å². The minimum atomic E-state index is -0.0173. The minimum Gasteiger partial charge on any atom is -0.325 e. The quantitative estimate of drug-likeness (QED) is 0.806. The van der Waals surface area contributed by atoms with Crippen LogP contribution in [0.2, 0.25) is 0 Å². The third-order valence-corrected chi connectivity index (χ3v) is 2.36. The Morgan fingerprint density at radius 2 is 2.06 bits per heavy atom. The van der Waals surface area contributed by atoms with E-state index >= 15 is 0 Å². The monoisotopic (exact) mass is 235 g/mol. The molecule has 0 bridgehead atoms. The van der Waals surface area contributed by atoms with Crippen molar-refractivity contribution < 1.29 is 4.79 Å². The second kappa shape index (κ2) is 6.37. The summed E-state index contributed by atoms with van der Waals surface area (Å²) >= 11 is 0. The van der Waals surface area contributed by atoms with E-state index in [0.29, 0.717) is 6.54 Å². The van der Waals surface area contributed by atoms with Crippen LogP contribution in [0.4, 0.5) is 5.69 Å². The molecule has 0 spiro atoms. The molecule has 0 atom stereocenters. The molecular weight excluding hydrogens is 214 g/mol. The van der Waals surface area contributed by atoms with Crippen molar-refractivity contribution in [3.63, 3.8) is 0 Å². The number of anilines is 1. The maximum Gasteiger partial charge on any atom is 0.238 e. The molecule has 0 aliphatic carbocycles. The Bertz CT molecular complexity index is 388. The van der Waals surface area contributed by atoms with Crippen molar-refractivity contribution in [3.8, 4) is 0 Å². The number of hydrogen-bond donors (Lipinski definition) is 2. The number of nitrogens with zero attached hydrogens (tertiary/aromatic N) is 1. The molecule has 2 N–H and O–H groups in total. The molecule has 0 radical (unpaired) electrons. The number of carbonyl (C=O) groups is 1. The highest BCUT2D eigenvalue weighted by atomic mass is 16.1. The van der Waals surface area contributed by atoms with E-state index in [2.05, 4.69) is 28.5 Å². The average Bonchev–Trinajstić information content (AvgIpc) is 2.21. The molecule has 1 amide bonds. The van der Waals surface area contributed by atoms with Crippen molar-refractivity contribution in [2.75, 3.05) is 33.0 Å². The van der Waals surface area contributed by atoms with Gasteiger partial charge in [-0.25, -0.2) is 0 Å². The summed E-state index contributed by atoms with van der Waals surface area (Å²) < 4.78 is 0. The molecule has 0 saturated heterocycles. The van der Waals surface area contributed by atoms with Crippen molar-refractivity contribution in [2.24, 2.45) is 0 Å². The molecule has 0 aromatic heterocycles. The van der Waals surface area contributed by atoms with Gasteiger partial charge in [0.2, 0.25) is 5.91 Å². The average molecular weight is 235 g/mol. The van der Waals surface area contributed by atoms with Gasteiger partial charge in [-0.05, 0) is 39.7 Å². The highest BCUT2D eigenvalue weighted by molar-refractivity contribution is 5.93. The van der Waals surface area contributed by atoms with E-state index in [0.717, 1.165) is 17.8 Å². The Hall–Kier alpha value is -1.39. The molecule has 0 aliphatic rings. The van der Waals surface area contributed by atoms with E-state index in [4.69, 9.17) is 0 Å². The zero-order valence-corrected chi connectivity index (χ0v) is 11.0. The van der Waals surface area contributed by atoms with Crippen LogP contribution in [-0.4, -0.2) is 38.5 Å². The molecule has 0 saturated carbocycles. The third-order valence-electron chi connectivity index (χ3n) is 2.36. The Morgan fingerprint density at radius 1 is 1.35 bits per heavy atom. The van der Waals surface area contributed by atoms with Gasteiger partial charge in [0.1, 0.15) is 0 Å². The number of aryl methyl sites for hydroxylation is 1. The maximum atomic E-state index is 11.5. The normalized spacial score (nSPS) is 10.6. The SMILES string of the molecule is CNCC(=O)Nc1ccc(C)cc1CN(C)C. The highest BCUT2D eigenvalue weighted by Crippen LogP contribution is 2.18. The van der Waals surface area contributed by atoms with Gasteiger partial charge in [-0.2, -0.15) is 0 Å². The molecule has 0 unspecified atom stereocenters. The molecule has 17 heavy (non-hydrogen) atoms. The van der Waals surface area contributed by atoms with Crippen LogP contribution in [0, 0.1) is 6.92 Å². The van der Waals surface area contributed by atoms with Crippen molar-refractivity contribution in [3.05, 3.63) is 29.3 Å². The molecule has 1 aromatic carbocycles. The summed E-state index contributed by atoms with van der Waals surface area (Å²) in [7, 11) is 5.79. The smallest absolute Gasteiger partial charge is 0.238 e. The molecule has 0 heterocycles. The predicted octanol–water partition coefficient (Wildman–Crippen LogP) is 1.21. The van der Waals surface area contributed by atoms with Crippen LogP contribution in [0.1, 0.15) is 11.1 Å². The van der Waals surface area contributed by atoms with E-state index in [1.54, 1.807) is 7.05 Å². The predicted molar refractivity (Wildman–Crippen MR) is 71.1 cm³/mol. The molecule has 1 aromatic rings. The van der Waals surface area contributed by atoms with E-state index in [-0.39, 0.29) is 5.91 Å². The van der Waals surface area contributed by atoms with Crippen molar-refractivity contribution >= 4 is 11.6 Å². The fourth-order valence-electron chi connectivity index (χ4n) is 1.67. The largest absolute Gasteiger partial charge is 0.325 e. The zero-order valence-electron chi connectivity index (χ0n) is 11.0. The standard InChI is InChI=1S/C13H21N3O/c1-10-5-6-12(15-13(17)8-14-2)11(7-10)9-16(3)4/h5-7,14H,8-9H2,1-4H3,(H,15,17). The maximum absolute atomic E-state index is 11.5. The van der Waals surface area contributed by atoms with Crippen LogP contribution in [0.15, 0.2) is 18.2 Å². The Morgan fingerprint density at radius 3 is 2.65 bits per heavy atom. The molecule has 4 nitrogen and oxygen atoms in total. The van der Waals surface area contributed by atoms with Crippen LogP contribution in [0.3, 0.4) is 0 Å². The van der Waals surface area contributed by atoms with Crippen molar-refractivity contribution in [2.45, 2.75) is 13.5 Å². The van der Waals surface area contributed by atoms with Crippen molar-refractivity contribution in [1.82, 2.24) is 10.2 Å². The summed E-state index contributed by atoms with van der Waals surface area (Å²) in [6, 6.07) is 6.07. The Labute approximate surface area is 103 Å². The molecule has 1 rings (SSSR count). The number of hydrogen-bond acceptors (Lipinski definition) is 3. The highest BCUT2D eigenvalue weighted by Gasteiger charge is 2.07. The third kappa shape index (κ3) is 4.54. The number of benzene rings is 1. The van der Waals surface area contributed by atoms with Gasteiger partial charge in [0, 0.05) is 12.2 Å². The summed E-state index contributed by atoms with van der Waals surface area (Å²) in [6.07, 6.45) is 0. The van der Waals surface area contributed by atoms with Crippen LogP contribution in [0.5, 0.6) is 0 Å². The van der Waals surface area contributed by atoms with E-state index in [9.17, 15) is 4.79 Å². The zero-order chi connectivity index (χ0) is 12.8. The topological polar surface area (TPSA) is 44.4 Å². The number of carbonyl (C=O) groups excluding carboxylic acids is 1. The second-order valence-electron chi connectivity index (χ2n) is 4.48. The lowest BCUT2D eigenvalue weighted by molar-refractivity contribution is -0.115.